The molecule has 21 heavy (non-hydrogen) atoms. The summed E-state index contributed by atoms with van der Waals surface area (Å²) in [6.45, 7) is 6.62. The molecular formula is C16H21N3O2. The van der Waals surface area contributed by atoms with Crippen LogP contribution in [-0.4, -0.2) is 42.6 Å². The van der Waals surface area contributed by atoms with Crippen LogP contribution in [0.2, 0.25) is 0 Å². The van der Waals surface area contributed by atoms with Crippen LogP contribution in [0.3, 0.4) is 0 Å². The van der Waals surface area contributed by atoms with Gasteiger partial charge in [0, 0.05) is 19.6 Å². The van der Waals surface area contributed by atoms with E-state index in [1.165, 1.54) is 0 Å². The molecule has 1 aliphatic heterocycles. The number of nitrogens with zero attached hydrogens (tertiary/aromatic N) is 2. The Balaban J connectivity index is 1.84. The van der Waals surface area contributed by atoms with Gasteiger partial charge in [-0.1, -0.05) is 12.1 Å². The van der Waals surface area contributed by atoms with Gasteiger partial charge >= 0.3 is 0 Å². The van der Waals surface area contributed by atoms with E-state index in [-0.39, 0.29) is 5.91 Å². The van der Waals surface area contributed by atoms with E-state index >= 15 is 0 Å². The SMILES string of the molecule is CC1(C)C(=O)NCCN1CCOc1ccc(CC#N)cc1. The predicted molar refractivity (Wildman–Crippen MR) is 79.9 cm³/mol. The Morgan fingerprint density at radius 1 is 1.38 bits per heavy atom. The maximum atomic E-state index is 11.8. The Hall–Kier alpha value is -2.06. The van der Waals surface area contributed by atoms with Crippen LogP contribution in [0, 0.1) is 11.3 Å². The fourth-order valence-electron chi connectivity index (χ4n) is 2.40. The summed E-state index contributed by atoms with van der Waals surface area (Å²) in [5.41, 5.74) is 0.497. The number of nitrogens with one attached hydrogen (secondary N) is 1. The molecule has 0 saturated carbocycles. The summed E-state index contributed by atoms with van der Waals surface area (Å²) in [6.07, 6.45) is 0.414. The van der Waals surface area contributed by atoms with Gasteiger partial charge in [0.25, 0.3) is 0 Å². The molecule has 1 N–H and O–H groups in total. The zero-order chi connectivity index (χ0) is 15.3. The van der Waals surface area contributed by atoms with Crippen molar-refractivity contribution in [2.45, 2.75) is 25.8 Å². The van der Waals surface area contributed by atoms with Crippen molar-refractivity contribution < 1.29 is 9.53 Å². The number of hydrogen-bond acceptors (Lipinski definition) is 4. The van der Waals surface area contributed by atoms with Gasteiger partial charge in [0.1, 0.15) is 12.4 Å². The first-order chi connectivity index (χ1) is 10.0. The van der Waals surface area contributed by atoms with Gasteiger partial charge in [-0.25, -0.2) is 0 Å². The van der Waals surface area contributed by atoms with Gasteiger partial charge in [-0.05, 0) is 31.5 Å². The summed E-state index contributed by atoms with van der Waals surface area (Å²) in [4.78, 5) is 14.0. The van der Waals surface area contributed by atoms with Gasteiger partial charge in [0.05, 0.1) is 18.0 Å². The number of rotatable bonds is 5. The Bertz CT molecular complexity index is 531. The van der Waals surface area contributed by atoms with Crippen molar-refractivity contribution in [1.29, 1.82) is 5.26 Å². The molecule has 1 saturated heterocycles. The first-order valence-corrected chi connectivity index (χ1v) is 7.16. The molecule has 0 atom stereocenters. The average molecular weight is 287 g/mol. The van der Waals surface area contributed by atoms with E-state index in [1.54, 1.807) is 0 Å². The van der Waals surface area contributed by atoms with Crippen molar-refractivity contribution >= 4 is 5.91 Å². The van der Waals surface area contributed by atoms with Gasteiger partial charge in [0.15, 0.2) is 0 Å². The lowest BCUT2D eigenvalue weighted by Crippen LogP contribution is -2.62. The average Bonchev–Trinajstić information content (AvgIpc) is 2.46. The minimum atomic E-state index is -0.488. The molecule has 0 spiro atoms. The summed E-state index contributed by atoms with van der Waals surface area (Å²) in [5, 5.41) is 11.5. The molecule has 1 aromatic rings. The molecular weight excluding hydrogens is 266 g/mol. The van der Waals surface area contributed by atoms with Gasteiger partial charge in [-0.2, -0.15) is 5.26 Å². The van der Waals surface area contributed by atoms with E-state index in [4.69, 9.17) is 10.00 Å². The maximum Gasteiger partial charge on any atom is 0.240 e. The largest absolute Gasteiger partial charge is 0.492 e. The summed E-state index contributed by atoms with van der Waals surface area (Å²) in [7, 11) is 0. The van der Waals surface area contributed by atoms with E-state index in [0.29, 0.717) is 26.1 Å². The van der Waals surface area contributed by atoms with Crippen LogP contribution in [0.1, 0.15) is 19.4 Å². The molecule has 5 heteroatoms. The van der Waals surface area contributed by atoms with E-state index in [9.17, 15) is 4.79 Å². The highest BCUT2D eigenvalue weighted by atomic mass is 16.5. The van der Waals surface area contributed by atoms with Crippen LogP contribution in [0.4, 0.5) is 0 Å². The number of hydrogen-bond donors (Lipinski definition) is 1. The second-order valence-corrected chi connectivity index (χ2v) is 5.63. The summed E-state index contributed by atoms with van der Waals surface area (Å²) < 4.78 is 5.71. The summed E-state index contributed by atoms with van der Waals surface area (Å²) >= 11 is 0. The van der Waals surface area contributed by atoms with Crippen molar-refractivity contribution in [2.24, 2.45) is 0 Å². The third-order valence-corrected chi connectivity index (χ3v) is 3.85. The molecule has 1 fully saturated rings. The molecule has 112 valence electrons. The number of benzene rings is 1. The topological polar surface area (TPSA) is 65.4 Å². The number of piperazine rings is 1. The molecule has 5 nitrogen and oxygen atoms in total. The lowest BCUT2D eigenvalue weighted by molar-refractivity contribution is -0.135. The van der Waals surface area contributed by atoms with Crippen molar-refractivity contribution in [3.05, 3.63) is 29.8 Å². The van der Waals surface area contributed by atoms with E-state index in [0.717, 1.165) is 17.9 Å². The Morgan fingerprint density at radius 3 is 2.76 bits per heavy atom. The standard InChI is InChI=1S/C16H21N3O2/c1-16(2)15(20)18-9-10-19(16)11-12-21-14-5-3-13(4-6-14)7-8-17/h3-6H,7,9-12H2,1-2H3,(H,18,20). The molecule has 0 bridgehead atoms. The third-order valence-electron chi connectivity index (χ3n) is 3.85. The zero-order valence-electron chi connectivity index (χ0n) is 12.6. The normalized spacial score (nSPS) is 17.9. The fraction of sp³-hybridized carbons (Fsp3) is 0.500. The zero-order valence-corrected chi connectivity index (χ0v) is 12.6. The maximum absolute atomic E-state index is 11.8. The molecule has 0 aliphatic carbocycles. The van der Waals surface area contributed by atoms with Gasteiger partial charge in [-0.3, -0.25) is 9.69 Å². The summed E-state index contributed by atoms with van der Waals surface area (Å²) in [6, 6.07) is 9.67. The van der Waals surface area contributed by atoms with Crippen molar-refractivity contribution in [3.63, 3.8) is 0 Å². The minimum Gasteiger partial charge on any atom is -0.492 e. The molecule has 1 aliphatic rings. The Morgan fingerprint density at radius 2 is 2.10 bits per heavy atom. The fourth-order valence-corrected chi connectivity index (χ4v) is 2.40. The van der Waals surface area contributed by atoms with Crippen LogP contribution in [0.15, 0.2) is 24.3 Å². The predicted octanol–water partition coefficient (Wildman–Crippen LogP) is 1.34. The highest BCUT2D eigenvalue weighted by Gasteiger charge is 2.37. The molecule has 1 heterocycles. The third kappa shape index (κ3) is 3.73. The number of carbonyl (C=O) groups is 1. The van der Waals surface area contributed by atoms with Gasteiger partial charge in [-0.15, -0.1) is 0 Å². The molecule has 0 radical (unpaired) electrons. The number of amides is 1. The van der Waals surface area contributed by atoms with Gasteiger partial charge < -0.3 is 10.1 Å². The lowest BCUT2D eigenvalue weighted by atomic mass is 9.99. The molecule has 2 rings (SSSR count). The first kappa shape index (κ1) is 15.3. The molecule has 0 unspecified atom stereocenters. The van der Waals surface area contributed by atoms with E-state index < -0.39 is 5.54 Å². The highest BCUT2D eigenvalue weighted by molar-refractivity contribution is 5.86. The second kappa shape index (κ2) is 6.59. The number of carbonyl (C=O) groups excluding carboxylic acids is 1. The summed E-state index contributed by atoms with van der Waals surface area (Å²) in [5.74, 6) is 0.852. The molecule has 1 aromatic carbocycles. The smallest absolute Gasteiger partial charge is 0.240 e. The monoisotopic (exact) mass is 287 g/mol. The number of ether oxygens (including phenoxy) is 1. The van der Waals surface area contributed by atoms with Crippen molar-refractivity contribution in [2.75, 3.05) is 26.2 Å². The van der Waals surface area contributed by atoms with Crippen LogP contribution in [0.25, 0.3) is 0 Å². The Kier molecular flexibility index (Phi) is 4.81. The van der Waals surface area contributed by atoms with Crippen LogP contribution >= 0.6 is 0 Å². The number of nitriles is 1. The van der Waals surface area contributed by atoms with Crippen LogP contribution in [0.5, 0.6) is 5.75 Å². The lowest BCUT2D eigenvalue weighted by Gasteiger charge is -2.41. The first-order valence-electron chi connectivity index (χ1n) is 7.16. The van der Waals surface area contributed by atoms with E-state index in [1.807, 2.05) is 38.1 Å². The minimum absolute atomic E-state index is 0.0645. The van der Waals surface area contributed by atoms with Crippen LogP contribution in [-0.2, 0) is 11.2 Å². The van der Waals surface area contributed by atoms with E-state index in [2.05, 4.69) is 16.3 Å². The molecule has 1 amide bonds. The quantitative estimate of drug-likeness (QED) is 0.887. The molecule has 0 aromatic heterocycles. The van der Waals surface area contributed by atoms with Gasteiger partial charge in [0.2, 0.25) is 5.91 Å². The van der Waals surface area contributed by atoms with Crippen molar-refractivity contribution in [3.8, 4) is 11.8 Å². The Labute approximate surface area is 125 Å². The highest BCUT2D eigenvalue weighted by Crippen LogP contribution is 2.18. The van der Waals surface area contributed by atoms with Crippen LogP contribution < -0.4 is 10.1 Å². The van der Waals surface area contributed by atoms with Crippen molar-refractivity contribution in [1.82, 2.24) is 10.2 Å². The second-order valence-electron chi connectivity index (χ2n) is 5.63.